The minimum atomic E-state index is -0.509. The van der Waals surface area contributed by atoms with Crippen molar-refractivity contribution in [1.82, 2.24) is 5.01 Å². The van der Waals surface area contributed by atoms with Crippen LogP contribution in [0.4, 0.5) is 0 Å². The molecular weight excluding hydrogens is 232 g/mol. The van der Waals surface area contributed by atoms with Crippen LogP contribution in [-0.2, 0) is 19.1 Å². The Balaban J connectivity index is 2.21. The van der Waals surface area contributed by atoms with Crippen LogP contribution in [0, 0.1) is 11.8 Å². The van der Waals surface area contributed by atoms with Crippen LogP contribution in [0.2, 0.25) is 0 Å². The first kappa shape index (κ1) is 11.3. The maximum atomic E-state index is 11.7. The van der Waals surface area contributed by atoms with Crippen molar-refractivity contribution in [2.75, 3.05) is 20.8 Å². The second-order valence-electron chi connectivity index (χ2n) is 3.55. The summed E-state index contributed by atoms with van der Waals surface area (Å²) in [5, 5.41) is 5.68. The zero-order chi connectivity index (χ0) is 11.7. The first-order chi connectivity index (χ1) is 7.69. The fraction of sp³-hybridized carbons (Fsp3) is 0.667. The minimum absolute atomic E-state index is 0.142. The average Bonchev–Trinajstić information content (AvgIpc) is 2.86. The van der Waals surface area contributed by atoms with E-state index in [1.54, 1.807) is 10.6 Å². The summed E-state index contributed by atoms with van der Waals surface area (Å²) in [6.07, 6.45) is 0. The molecule has 0 aromatic rings. The molecule has 1 fully saturated rings. The largest absolute Gasteiger partial charge is 0.469 e. The highest BCUT2D eigenvalue weighted by Gasteiger charge is 2.52. The fourth-order valence-electron chi connectivity index (χ4n) is 2.01. The molecule has 2 aliphatic heterocycles. The van der Waals surface area contributed by atoms with Crippen LogP contribution in [-0.4, -0.2) is 48.6 Å². The van der Waals surface area contributed by atoms with Crippen molar-refractivity contribution in [1.29, 1.82) is 0 Å². The zero-order valence-electron chi connectivity index (χ0n) is 8.95. The van der Waals surface area contributed by atoms with Gasteiger partial charge in [-0.25, -0.2) is 0 Å². The van der Waals surface area contributed by atoms with Crippen LogP contribution < -0.4 is 0 Å². The Bertz CT molecular complexity index is 346. The number of esters is 2. The van der Waals surface area contributed by atoms with E-state index in [0.717, 1.165) is 0 Å². The Morgan fingerprint density at radius 3 is 2.69 bits per heavy atom. The first-order valence-electron chi connectivity index (χ1n) is 4.79. The van der Waals surface area contributed by atoms with Gasteiger partial charge in [0.2, 0.25) is 0 Å². The highest BCUT2D eigenvalue weighted by Crippen LogP contribution is 2.40. The van der Waals surface area contributed by atoms with Gasteiger partial charge in [-0.3, -0.25) is 14.6 Å². The molecule has 2 rings (SSSR count). The molecule has 7 heteroatoms. The number of hydrogen-bond acceptors (Lipinski definition) is 7. The van der Waals surface area contributed by atoms with E-state index >= 15 is 0 Å². The van der Waals surface area contributed by atoms with Crippen molar-refractivity contribution in [3.05, 3.63) is 0 Å². The van der Waals surface area contributed by atoms with Gasteiger partial charge < -0.3 is 9.47 Å². The first-order valence-corrected chi connectivity index (χ1v) is 5.73. The molecular formula is C9H12N2O4S. The van der Waals surface area contributed by atoms with Crippen molar-refractivity contribution < 1.29 is 19.1 Å². The number of carbonyl (C=O) groups is 2. The third-order valence-electron chi connectivity index (χ3n) is 2.79. The van der Waals surface area contributed by atoms with Gasteiger partial charge in [0.1, 0.15) is 11.3 Å². The molecule has 2 aliphatic rings. The Labute approximate surface area is 96.9 Å². The second kappa shape index (κ2) is 4.32. The number of ether oxygens (including phenoxy) is 2. The van der Waals surface area contributed by atoms with Crippen LogP contribution in [0.1, 0.15) is 0 Å². The quantitative estimate of drug-likeness (QED) is 0.632. The lowest BCUT2D eigenvalue weighted by molar-refractivity contribution is -0.155. The van der Waals surface area contributed by atoms with Gasteiger partial charge in [-0.05, 0) is 0 Å². The Kier molecular flexibility index (Phi) is 3.04. The molecule has 0 spiro atoms. The smallest absolute Gasteiger partial charge is 0.312 e. The molecule has 0 N–H and O–H groups in total. The summed E-state index contributed by atoms with van der Waals surface area (Å²) >= 11 is 1.42. The van der Waals surface area contributed by atoms with Crippen molar-refractivity contribution in [3.8, 4) is 0 Å². The number of hydrazone groups is 1. The van der Waals surface area contributed by atoms with E-state index in [4.69, 9.17) is 4.74 Å². The molecule has 0 aromatic heterocycles. The van der Waals surface area contributed by atoms with Gasteiger partial charge in [-0.15, -0.1) is 0 Å². The number of methoxy groups -OCH3 is 2. The monoisotopic (exact) mass is 244 g/mol. The summed E-state index contributed by atoms with van der Waals surface area (Å²) < 4.78 is 9.41. The van der Waals surface area contributed by atoms with E-state index in [9.17, 15) is 9.59 Å². The summed E-state index contributed by atoms with van der Waals surface area (Å²) in [6.45, 7) is 0.403. The molecule has 0 aliphatic carbocycles. The molecule has 16 heavy (non-hydrogen) atoms. The molecule has 2 heterocycles. The van der Waals surface area contributed by atoms with Crippen LogP contribution in [0.15, 0.2) is 5.10 Å². The average molecular weight is 244 g/mol. The van der Waals surface area contributed by atoms with E-state index in [1.807, 2.05) is 0 Å². The van der Waals surface area contributed by atoms with Crippen LogP contribution in [0.25, 0.3) is 0 Å². The summed E-state index contributed by atoms with van der Waals surface area (Å²) in [5.74, 6) is -1.78. The predicted octanol–water partition coefficient (Wildman–Crippen LogP) is -0.103. The van der Waals surface area contributed by atoms with E-state index < -0.39 is 11.8 Å². The molecule has 88 valence electrons. The lowest BCUT2D eigenvalue weighted by atomic mass is 9.96. The van der Waals surface area contributed by atoms with Gasteiger partial charge in [0.25, 0.3) is 0 Å². The van der Waals surface area contributed by atoms with E-state index in [2.05, 4.69) is 9.84 Å². The lowest BCUT2D eigenvalue weighted by Crippen LogP contribution is -2.33. The molecule has 0 amide bonds. The molecule has 0 aromatic carbocycles. The fourth-order valence-corrected chi connectivity index (χ4v) is 3.06. The van der Waals surface area contributed by atoms with Gasteiger partial charge >= 0.3 is 11.9 Å². The van der Waals surface area contributed by atoms with Gasteiger partial charge in [0.15, 0.2) is 0 Å². The predicted molar refractivity (Wildman–Crippen MR) is 57.6 cm³/mol. The number of hydrogen-bond donors (Lipinski definition) is 0. The molecule has 0 bridgehead atoms. The van der Waals surface area contributed by atoms with Gasteiger partial charge in [0.05, 0.1) is 32.2 Å². The molecule has 1 saturated heterocycles. The number of carbonyl (C=O) groups excluding carboxylic acids is 2. The SMILES string of the molecule is COC(=O)[C@H]1CN2N=CSC2[C@H]1C(=O)OC. The Morgan fingerprint density at radius 2 is 2.06 bits per heavy atom. The summed E-state index contributed by atoms with van der Waals surface area (Å²) in [4.78, 5) is 23.2. The highest BCUT2D eigenvalue weighted by atomic mass is 32.2. The summed E-state index contributed by atoms with van der Waals surface area (Å²) in [6, 6.07) is 0. The van der Waals surface area contributed by atoms with E-state index in [-0.39, 0.29) is 17.3 Å². The Morgan fingerprint density at radius 1 is 1.38 bits per heavy atom. The molecule has 3 atom stereocenters. The van der Waals surface area contributed by atoms with Crippen molar-refractivity contribution in [2.45, 2.75) is 5.37 Å². The highest BCUT2D eigenvalue weighted by molar-refractivity contribution is 8.12. The van der Waals surface area contributed by atoms with Crippen molar-refractivity contribution >= 4 is 29.2 Å². The van der Waals surface area contributed by atoms with E-state index in [1.165, 1.54) is 26.0 Å². The summed E-state index contributed by atoms with van der Waals surface area (Å²) in [7, 11) is 2.64. The van der Waals surface area contributed by atoms with E-state index in [0.29, 0.717) is 6.54 Å². The third kappa shape index (κ3) is 1.64. The number of thioether (sulfide) groups is 1. The lowest BCUT2D eigenvalue weighted by Gasteiger charge is -2.17. The minimum Gasteiger partial charge on any atom is -0.469 e. The maximum absolute atomic E-state index is 11.7. The van der Waals surface area contributed by atoms with Crippen LogP contribution in [0.3, 0.4) is 0 Å². The van der Waals surface area contributed by atoms with Crippen molar-refractivity contribution in [3.63, 3.8) is 0 Å². The van der Waals surface area contributed by atoms with Crippen molar-refractivity contribution in [2.24, 2.45) is 16.9 Å². The van der Waals surface area contributed by atoms with Crippen LogP contribution in [0.5, 0.6) is 0 Å². The van der Waals surface area contributed by atoms with Gasteiger partial charge in [0, 0.05) is 0 Å². The van der Waals surface area contributed by atoms with Gasteiger partial charge in [-0.2, -0.15) is 5.10 Å². The number of fused-ring (bicyclic) bond motifs is 1. The molecule has 1 unspecified atom stereocenters. The standard InChI is InChI=1S/C9H12N2O4S/c1-14-8(12)5-3-11-7(16-4-10-11)6(5)9(13)15-2/h4-7H,3H2,1-2H3/t5-,6-,7?/m0/s1. The van der Waals surface area contributed by atoms with Gasteiger partial charge in [-0.1, -0.05) is 11.8 Å². The van der Waals surface area contributed by atoms with Crippen LogP contribution >= 0.6 is 11.8 Å². The zero-order valence-corrected chi connectivity index (χ0v) is 9.77. The molecule has 0 saturated carbocycles. The second-order valence-corrected chi connectivity index (χ2v) is 4.51. The maximum Gasteiger partial charge on any atom is 0.312 e. The Hall–Kier alpha value is -1.24. The normalized spacial score (nSPS) is 31.4. The molecule has 0 radical (unpaired) electrons. The number of nitrogens with zero attached hydrogens (tertiary/aromatic N) is 2. The summed E-state index contributed by atoms with van der Waals surface area (Å²) in [5.41, 5.74) is 1.67. The number of rotatable bonds is 2. The third-order valence-corrected chi connectivity index (χ3v) is 3.82. The molecule has 6 nitrogen and oxygen atoms in total. The topological polar surface area (TPSA) is 68.2 Å².